The summed E-state index contributed by atoms with van der Waals surface area (Å²) in [6, 6.07) is 4.63. The van der Waals surface area contributed by atoms with E-state index in [1.54, 1.807) is 12.1 Å². The molecular weight excluding hydrogens is 335 g/mol. The van der Waals surface area contributed by atoms with Gasteiger partial charge in [-0.15, -0.1) is 0 Å². The van der Waals surface area contributed by atoms with Crippen LogP contribution in [0.1, 0.15) is 24.3 Å². The number of carbonyl (C=O) groups is 2. The van der Waals surface area contributed by atoms with E-state index >= 15 is 0 Å². The SMILES string of the molecule is CNC(=O)[C@H]1CN(c2ccc([C@H]3CC[S@+]([O-])CC3)c(F)c2)C(=O)O1. The zero-order valence-electron chi connectivity index (χ0n) is 13.3. The molecule has 1 aromatic rings. The van der Waals surface area contributed by atoms with E-state index < -0.39 is 29.3 Å². The van der Waals surface area contributed by atoms with Crippen molar-refractivity contribution in [1.82, 2.24) is 5.32 Å². The van der Waals surface area contributed by atoms with Crippen molar-refractivity contribution < 1.29 is 23.3 Å². The highest BCUT2D eigenvalue weighted by Gasteiger charge is 2.37. The third-order valence-corrected chi connectivity index (χ3v) is 5.86. The molecule has 24 heavy (non-hydrogen) atoms. The molecule has 0 saturated carbocycles. The molecule has 0 bridgehead atoms. The van der Waals surface area contributed by atoms with Crippen LogP contribution in [-0.4, -0.2) is 47.8 Å². The average molecular weight is 354 g/mol. The van der Waals surface area contributed by atoms with Crippen LogP contribution in [0.3, 0.4) is 0 Å². The van der Waals surface area contributed by atoms with E-state index in [1.807, 2.05) is 0 Å². The second kappa shape index (κ2) is 6.98. The Morgan fingerprint density at radius 3 is 2.75 bits per heavy atom. The van der Waals surface area contributed by atoms with Gasteiger partial charge in [0, 0.05) is 7.05 Å². The molecule has 8 heteroatoms. The fraction of sp³-hybridized carbons (Fsp3) is 0.500. The number of likely N-dealkylation sites (N-methyl/N-ethyl adjacent to an activating group) is 1. The second-order valence-corrected chi connectivity index (χ2v) is 7.62. The zero-order valence-corrected chi connectivity index (χ0v) is 14.1. The predicted molar refractivity (Wildman–Crippen MR) is 87.9 cm³/mol. The topological polar surface area (TPSA) is 81.7 Å². The fourth-order valence-corrected chi connectivity index (χ4v) is 4.39. The third kappa shape index (κ3) is 3.34. The van der Waals surface area contributed by atoms with Crippen molar-refractivity contribution in [2.45, 2.75) is 24.9 Å². The van der Waals surface area contributed by atoms with Crippen LogP contribution >= 0.6 is 0 Å². The smallest absolute Gasteiger partial charge is 0.415 e. The molecule has 2 saturated heterocycles. The maximum absolute atomic E-state index is 14.5. The number of ether oxygens (including phenoxy) is 1. The van der Waals surface area contributed by atoms with Crippen LogP contribution < -0.4 is 10.2 Å². The Morgan fingerprint density at radius 1 is 1.42 bits per heavy atom. The van der Waals surface area contributed by atoms with Crippen LogP contribution in [-0.2, 0) is 20.7 Å². The molecule has 0 spiro atoms. The van der Waals surface area contributed by atoms with Gasteiger partial charge in [-0.25, -0.2) is 9.18 Å². The predicted octanol–water partition coefficient (Wildman–Crippen LogP) is 1.52. The largest absolute Gasteiger partial charge is 0.616 e. The van der Waals surface area contributed by atoms with Crippen LogP contribution in [0.4, 0.5) is 14.9 Å². The van der Waals surface area contributed by atoms with Gasteiger partial charge in [0.05, 0.1) is 12.2 Å². The number of rotatable bonds is 3. The molecule has 0 aliphatic carbocycles. The zero-order chi connectivity index (χ0) is 17.3. The van der Waals surface area contributed by atoms with E-state index in [0.29, 0.717) is 35.6 Å². The molecule has 0 unspecified atom stereocenters. The maximum atomic E-state index is 14.5. The van der Waals surface area contributed by atoms with E-state index in [2.05, 4.69) is 5.32 Å². The third-order valence-electron chi connectivity index (χ3n) is 4.47. The highest BCUT2D eigenvalue weighted by atomic mass is 32.2. The molecule has 1 aromatic carbocycles. The van der Waals surface area contributed by atoms with Crippen LogP contribution in [0, 0.1) is 5.82 Å². The summed E-state index contributed by atoms with van der Waals surface area (Å²) in [6.45, 7) is 0.0553. The number of nitrogens with zero attached hydrogens (tertiary/aromatic N) is 1. The van der Waals surface area contributed by atoms with Gasteiger partial charge in [-0.05, 0) is 36.5 Å². The van der Waals surface area contributed by atoms with Crippen molar-refractivity contribution in [3.63, 3.8) is 0 Å². The highest BCUT2D eigenvalue weighted by Crippen LogP contribution is 2.33. The number of hydrogen-bond acceptors (Lipinski definition) is 4. The highest BCUT2D eigenvalue weighted by molar-refractivity contribution is 7.91. The molecule has 1 atom stereocenters. The molecular formula is C16H19FN2O4S. The Hall–Kier alpha value is -1.80. The van der Waals surface area contributed by atoms with Gasteiger partial charge in [0.15, 0.2) is 6.10 Å². The summed E-state index contributed by atoms with van der Waals surface area (Å²) in [4.78, 5) is 24.7. The number of amides is 2. The number of carbonyl (C=O) groups excluding carboxylic acids is 2. The Bertz CT molecular complexity index is 649. The first-order valence-corrected chi connectivity index (χ1v) is 9.32. The second-order valence-electron chi connectivity index (χ2n) is 5.93. The number of hydrogen-bond donors (Lipinski definition) is 1. The number of benzene rings is 1. The van der Waals surface area contributed by atoms with Crippen LogP contribution in [0.25, 0.3) is 0 Å². The monoisotopic (exact) mass is 354 g/mol. The normalized spacial score (nSPS) is 27.0. The Kier molecular flexibility index (Phi) is 4.96. The van der Waals surface area contributed by atoms with Crippen LogP contribution in [0.2, 0.25) is 0 Å². The Morgan fingerprint density at radius 2 is 2.12 bits per heavy atom. The van der Waals surface area contributed by atoms with E-state index in [0.717, 1.165) is 0 Å². The molecule has 0 radical (unpaired) electrons. The van der Waals surface area contributed by atoms with E-state index in [4.69, 9.17) is 4.74 Å². The lowest BCUT2D eigenvalue weighted by Crippen LogP contribution is -2.35. The van der Waals surface area contributed by atoms with Gasteiger partial charge in [-0.2, -0.15) is 0 Å². The molecule has 2 amide bonds. The minimum atomic E-state index is -0.890. The van der Waals surface area contributed by atoms with E-state index in [9.17, 15) is 18.5 Å². The maximum Gasteiger partial charge on any atom is 0.415 e. The fourth-order valence-electron chi connectivity index (χ4n) is 3.09. The summed E-state index contributed by atoms with van der Waals surface area (Å²) in [5.74, 6) is 0.469. The summed E-state index contributed by atoms with van der Waals surface area (Å²) >= 11 is -0.792. The molecule has 0 aromatic heterocycles. The van der Waals surface area contributed by atoms with Gasteiger partial charge in [0.1, 0.15) is 17.3 Å². The van der Waals surface area contributed by atoms with Gasteiger partial charge in [-0.3, -0.25) is 9.69 Å². The van der Waals surface area contributed by atoms with Crippen LogP contribution in [0.15, 0.2) is 18.2 Å². The van der Waals surface area contributed by atoms with Crippen molar-refractivity contribution in [1.29, 1.82) is 0 Å². The summed E-state index contributed by atoms with van der Waals surface area (Å²) in [5.41, 5.74) is 0.956. The Labute approximate surface area is 142 Å². The standard InChI is InChI=1S/C16H19FN2O4S/c1-18-15(20)14-9-19(16(21)23-14)11-2-3-12(13(17)8-11)10-4-6-24(22)7-5-10/h2-3,8,10,14H,4-7,9H2,1H3,(H,18,20)/t10-,14-,24-/m1/s1. The lowest BCUT2D eigenvalue weighted by Gasteiger charge is -2.25. The molecule has 2 aliphatic rings. The summed E-state index contributed by atoms with van der Waals surface area (Å²) < 4.78 is 30.9. The van der Waals surface area contributed by atoms with Crippen molar-refractivity contribution in [2.75, 3.05) is 30.0 Å². The molecule has 130 valence electrons. The van der Waals surface area contributed by atoms with Gasteiger partial charge >= 0.3 is 6.09 Å². The quantitative estimate of drug-likeness (QED) is 0.835. The van der Waals surface area contributed by atoms with Gasteiger partial charge in [0.25, 0.3) is 5.91 Å². The molecule has 6 nitrogen and oxygen atoms in total. The molecule has 1 N–H and O–H groups in total. The molecule has 2 aliphatic heterocycles. The summed E-state index contributed by atoms with van der Waals surface area (Å²) in [7, 11) is 1.46. The van der Waals surface area contributed by atoms with Gasteiger partial charge in [0.2, 0.25) is 0 Å². The molecule has 2 fully saturated rings. The minimum absolute atomic E-state index is 0.0553. The number of halogens is 1. The van der Waals surface area contributed by atoms with Crippen molar-refractivity contribution in [3.8, 4) is 0 Å². The lowest BCUT2D eigenvalue weighted by molar-refractivity contribution is -0.127. The minimum Gasteiger partial charge on any atom is -0.616 e. The van der Waals surface area contributed by atoms with Gasteiger partial charge < -0.3 is 14.6 Å². The molecule has 2 heterocycles. The van der Waals surface area contributed by atoms with Crippen molar-refractivity contribution in [2.24, 2.45) is 0 Å². The lowest BCUT2D eigenvalue weighted by atomic mass is 9.93. The van der Waals surface area contributed by atoms with Crippen molar-refractivity contribution >= 4 is 28.9 Å². The number of anilines is 1. The number of cyclic esters (lactones) is 1. The first-order valence-electron chi connectivity index (χ1n) is 7.83. The summed E-state index contributed by atoms with van der Waals surface area (Å²) in [5, 5.41) is 2.42. The van der Waals surface area contributed by atoms with Crippen molar-refractivity contribution in [3.05, 3.63) is 29.6 Å². The van der Waals surface area contributed by atoms with Crippen LogP contribution in [0.5, 0.6) is 0 Å². The first kappa shape index (κ1) is 17.0. The van der Waals surface area contributed by atoms with E-state index in [1.165, 1.54) is 18.0 Å². The van der Waals surface area contributed by atoms with E-state index in [-0.39, 0.29) is 18.3 Å². The van der Waals surface area contributed by atoms with Gasteiger partial charge in [-0.1, -0.05) is 17.2 Å². The molecule has 3 rings (SSSR count). The summed E-state index contributed by atoms with van der Waals surface area (Å²) in [6.07, 6.45) is -0.150. The average Bonchev–Trinajstić information content (AvgIpc) is 2.97. The first-order chi connectivity index (χ1) is 11.5. The number of nitrogens with one attached hydrogen (secondary N) is 1. The Balaban J connectivity index is 1.75.